The van der Waals surface area contributed by atoms with Crippen LogP contribution < -0.4 is 5.32 Å². The summed E-state index contributed by atoms with van der Waals surface area (Å²) in [5.74, 6) is 1.68. The molecule has 20 heavy (non-hydrogen) atoms. The Bertz CT molecular complexity index is 436. The number of rotatable bonds is 5. The first-order valence-corrected chi connectivity index (χ1v) is 8.15. The average molecular weight is 277 g/mol. The van der Waals surface area contributed by atoms with Gasteiger partial charge in [-0.25, -0.2) is 0 Å². The molecule has 3 heteroatoms. The minimum atomic E-state index is 0.216. The Kier molecular flexibility index (Phi) is 4.18. The molecule has 0 aromatic carbocycles. The molecule has 2 fully saturated rings. The molecule has 0 bridgehead atoms. The highest BCUT2D eigenvalue weighted by Crippen LogP contribution is 2.47. The van der Waals surface area contributed by atoms with Crippen molar-refractivity contribution in [2.75, 3.05) is 13.2 Å². The van der Waals surface area contributed by atoms with Crippen molar-refractivity contribution in [1.29, 1.82) is 0 Å². The van der Waals surface area contributed by atoms with Gasteiger partial charge in [0, 0.05) is 18.2 Å². The molecule has 2 aliphatic rings. The fraction of sp³-hybridized carbons (Fsp3) is 0.765. The van der Waals surface area contributed by atoms with Gasteiger partial charge in [0.25, 0.3) is 0 Å². The van der Waals surface area contributed by atoms with E-state index in [1.807, 2.05) is 13.2 Å². The zero-order valence-corrected chi connectivity index (χ0v) is 12.8. The van der Waals surface area contributed by atoms with Crippen LogP contribution in [0.1, 0.15) is 62.8 Å². The van der Waals surface area contributed by atoms with E-state index in [1.165, 1.54) is 37.7 Å². The molecule has 112 valence electrons. The van der Waals surface area contributed by atoms with Crippen LogP contribution in [-0.2, 0) is 4.74 Å². The van der Waals surface area contributed by atoms with Crippen molar-refractivity contribution in [2.24, 2.45) is 5.92 Å². The van der Waals surface area contributed by atoms with E-state index in [4.69, 9.17) is 9.15 Å². The van der Waals surface area contributed by atoms with Gasteiger partial charge in [0.15, 0.2) is 0 Å². The third kappa shape index (κ3) is 2.79. The maximum atomic E-state index is 6.08. The third-order valence-electron chi connectivity index (χ3n) is 4.99. The van der Waals surface area contributed by atoms with Crippen molar-refractivity contribution in [3.8, 4) is 0 Å². The SMILES string of the molecule is CCCNC(c1coc(C)c1)C1CCOC2(CCC2)C1. The van der Waals surface area contributed by atoms with Crippen LogP contribution in [0.4, 0.5) is 0 Å². The second-order valence-corrected chi connectivity index (χ2v) is 6.56. The first kappa shape index (κ1) is 14.2. The summed E-state index contributed by atoms with van der Waals surface area (Å²) in [5.41, 5.74) is 1.53. The summed E-state index contributed by atoms with van der Waals surface area (Å²) in [7, 11) is 0. The number of aryl methyl sites for hydroxylation is 1. The van der Waals surface area contributed by atoms with Crippen LogP contribution in [0.5, 0.6) is 0 Å². The summed E-state index contributed by atoms with van der Waals surface area (Å²) in [5, 5.41) is 3.74. The largest absolute Gasteiger partial charge is 0.469 e. The lowest BCUT2D eigenvalue weighted by atomic mass is 9.70. The van der Waals surface area contributed by atoms with Gasteiger partial charge in [0.2, 0.25) is 0 Å². The summed E-state index contributed by atoms with van der Waals surface area (Å²) < 4.78 is 11.6. The molecule has 0 radical (unpaired) electrons. The zero-order valence-electron chi connectivity index (χ0n) is 12.8. The highest BCUT2D eigenvalue weighted by molar-refractivity contribution is 5.18. The second-order valence-electron chi connectivity index (χ2n) is 6.56. The Morgan fingerprint density at radius 3 is 2.90 bits per heavy atom. The molecule has 1 spiro atoms. The Morgan fingerprint density at radius 1 is 1.45 bits per heavy atom. The topological polar surface area (TPSA) is 34.4 Å². The van der Waals surface area contributed by atoms with E-state index < -0.39 is 0 Å². The van der Waals surface area contributed by atoms with Crippen LogP contribution in [0, 0.1) is 12.8 Å². The lowest BCUT2D eigenvalue weighted by molar-refractivity contribution is -0.147. The fourth-order valence-electron chi connectivity index (χ4n) is 3.75. The summed E-state index contributed by atoms with van der Waals surface area (Å²) in [6.07, 6.45) is 9.33. The Morgan fingerprint density at radius 2 is 2.30 bits per heavy atom. The number of hydrogen-bond acceptors (Lipinski definition) is 3. The molecule has 1 aliphatic carbocycles. The third-order valence-corrected chi connectivity index (χ3v) is 4.99. The summed E-state index contributed by atoms with van der Waals surface area (Å²) in [6.45, 7) is 6.24. The molecule has 2 atom stereocenters. The Balaban J connectivity index is 1.74. The van der Waals surface area contributed by atoms with Gasteiger partial charge in [-0.2, -0.15) is 0 Å². The van der Waals surface area contributed by atoms with Gasteiger partial charge in [-0.15, -0.1) is 0 Å². The van der Waals surface area contributed by atoms with Gasteiger partial charge in [-0.05, 0) is 64.0 Å². The van der Waals surface area contributed by atoms with E-state index in [9.17, 15) is 0 Å². The van der Waals surface area contributed by atoms with Crippen molar-refractivity contribution in [3.63, 3.8) is 0 Å². The van der Waals surface area contributed by atoms with E-state index in [0.717, 1.165) is 25.3 Å². The van der Waals surface area contributed by atoms with Crippen molar-refractivity contribution in [2.45, 2.75) is 64.0 Å². The highest BCUT2D eigenvalue weighted by atomic mass is 16.5. The number of hydrogen-bond donors (Lipinski definition) is 1. The maximum Gasteiger partial charge on any atom is 0.101 e. The van der Waals surface area contributed by atoms with E-state index >= 15 is 0 Å². The lowest BCUT2D eigenvalue weighted by Crippen LogP contribution is -2.48. The molecule has 1 aliphatic heterocycles. The van der Waals surface area contributed by atoms with Gasteiger partial charge in [0.05, 0.1) is 11.9 Å². The van der Waals surface area contributed by atoms with Crippen molar-refractivity contribution in [3.05, 3.63) is 23.7 Å². The standard InChI is InChI=1S/C17H27NO2/c1-3-8-18-16(15-10-13(2)19-12-15)14-5-9-20-17(11-14)6-4-7-17/h10,12,14,16,18H,3-9,11H2,1-2H3. The monoisotopic (exact) mass is 277 g/mol. The normalized spacial score (nSPS) is 26.4. The minimum Gasteiger partial charge on any atom is -0.469 e. The van der Waals surface area contributed by atoms with E-state index in [0.29, 0.717) is 12.0 Å². The highest BCUT2D eigenvalue weighted by Gasteiger charge is 2.44. The van der Waals surface area contributed by atoms with Crippen LogP contribution >= 0.6 is 0 Å². The van der Waals surface area contributed by atoms with Crippen molar-refractivity contribution in [1.82, 2.24) is 5.32 Å². The van der Waals surface area contributed by atoms with E-state index in [2.05, 4.69) is 18.3 Å². The molecular weight excluding hydrogens is 250 g/mol. The molecule has 3 rings (SSSR count). The van der Waals surface area contributed by atoms with E-state index in [1.54, 1.807) is 0 Å². The molecule has 3 nitrogen and oxygen atoms in total. The van der Waals surface area contributed by atoms with Crippen molar-refractivity contribution < 1.29 is 9.15 Å². The van der Waals surface area contributed by atoms with Gasteiger partial charge >= 0.3 is 0 Å². The summed E-state index contributed by atoms with van der Waals surface area (Å²) >= 11 is 0. The molecular formula is C17H27NO2. The predicted molar refractivity (Wildman–Crippen MR) is 79.7 cm³/mol. The van der Waals surface area contributed by atoms with Gasteiger partial charge in [0.1, 0.15) is 5.76 Å². The van der Waals surface area contributed by atoms with Crippen LogP contribution in [0.3, 0.4) is 0 Å². The van der Waals surface area contributed by atoms with Gasteiger partial charge in [-0.3, -0.25) is 0 Å². The zero-order chi connectivity index (χ0) is 14.0. The Labute approximate surface area is 122 Å². The quantitative estimate of drug-likeness (QED) is 0.884. The first-order valence-electron chi connectivity index (χ1n) is 8.15. The van der Waals surface area contributed by atoms with Gasteiger partial charge < -0.3 is 14.5 Å². The molecule has 1 N–H and O–H groups in total. The molecule has 1 aromatic rings. The second kappa shape index (κ2) is 5.90. The lowest BCUT2D eigenvalue weighted by Gasteiger charge is -2.48. The number of nitrogens with one attached hydrogen (secondary N) is 1. The molecule has 0 amide bonds. The van der Waals surface area contributed by atoms with Crippen molar-refractivity contribution >= 4 is 0 Å². The maximum absolute atomic E-state index is 6.08. The minimum absolute atomic E-state index is 0.216. The smallest absolute Gasteiger partial charge is 0.101 e. The summed E-state index contributed by atoms with van der Waals surface area (Å²) in [6, 6.07) is 2.62. The molecule has 2 heterocycles. The Hall–Kier alpha value is -0.800. The van der Waals surface area contributed by atoms with Crippen LogP contribution in [-0.4, -0.2) is 18.8 Å². The molecule has 1 saturated carbocycles. The molecule has 1 saturated heterocycles. The number of furan rings is 1. The van der Waals surface area contributed by atoms with Gasteiger partial charge in [-0.1, -0.05) is 6.92 Å². The van der Waals surface area contributed by atoms with Crippen LogP contribution in [0.25, 0.3) is 0 Å². The van der Waals surface area contributed by atoms with E-state index in [-0.39, 0.29) is 5.60 Å². The first-order chi connectivity index (χ1) is 9.72. The summed E-state index contributed by atoms with van der Waals surface area (Å²) in [4.78, 5) is 0. The molecule has 2 unspecified atom stereocenters. The average Bonchev–Trinajstić information content (AvgIpc) is 2.84. The fourth-order valence-corrected chi connectivity index (χ4v) is 3.75. The predicted octanol–water partition coefficient (Wildman–Crippen LogP) is 3.98. The number of ether oxygens (including phenoxy) is 1. The van der Waals surface area contributed by atoms with Crippen LogP contribution in [0.2, 0.25) is 0 Å². The van der Waals surface area contributed by atoms with Crippen LogP contribution in [0.15, 0.2) is 16.7 Å². The molecule has 1 aromatic heterocycles.